The number of benzene rings is 1. The summed E-state index contributed by atoms with van der Waals surface area (Å²) in [5.74, 6) is -1.23. The van der Waals surface area contributed by atoms with E-state index in [1.54, 1.807) is 4.90 Å². The number of hydrogen-bond acceptors (Lipinski definition) is 5. The van der Waals surface area contributed by atoms with Gasteiger partial charge in [0.25, 0.3) is 11.6 Å². The Bertz CT molecular complexity index is 613. The smallest absolute Gasteiger partial charge is 0.345 e. The van der Waals surface area contributed by atoms with E-state index in [9.17, 15) is 19.7 Å². The van der Waals surface area contributed by atoms with Gasteiger partial charge < -0.3 is 9.64 Å². The lowest BCUT2D eigenvalue weighted by Crippen LogP contribution is -2.38. The third-order valence-electron chi connectivity index (χ3n) is 3.42. The summed E-state index contributed by atoms with van der Waals surface area (Å²) in [5.41, 5.74) is -0.672. The molecule has 1 aromatic carbocycles. The Balaban J connectivity index is 2.13. The molecule has 2 rings (SSSR count). The number of ether oxygens (including phenoxy) is 1. The summed E-state index contributed by atoms with van der Waals surface area (Å²) < 4.78 is 5.06. The average Bonchev–Trinajstić information content (AvgIpc) is 2.99. The van der Waals surface area contributed by atoms with Gasteiger partial charge >= 0.3 is 5.97 Å². The molecule has 0 bridgehead atoms. The molecule has 1 aromatic rings. The fourth-order valence-electron chi connectivity index (χ4n) is 2.30. The first-order valence-electron chi connectivity index (χ1n) is 6.84. The molecule has 0 radical (unpaired) electrons. The Kier molecular flexibility index (Phi) is 4.97. The summed E-state index contributed by atoms with van der Waals surface area (Å²) in [5, 5.41) is 11.1. The summed E-state index contributed by atoms with van der Waals surface area (Å²) in [6, 6.07) is 3.61. The molecule has 1 unspecified atom stereocenters. The number of rotatable bonds is 4. The zero-order valence-electron chi connectivity index (χ0n) is 12.0. The third kappa shape index (κ3) is 3.54. The van der Waals surface area contributed by atoms with Crippen LogP contribution < -0.4 is 0 Å². The lowest BCUT2D eigenvalue weighted by molar-refractivity contribution is -0.385. The second-order valence-corrected chi connectivity index (χ2v) is 5.43. The molecule has 7 nitrogen and oxygen atoms in total. The Morgan fingerprint density at radius 2 is 2.00 bits per heavy atom. The van der Waals surface area contributed by atoms with Crippen LogP contribution in [0.1, 0.15) is 30.1 Å². The van der Waals surface area contributed by atoms with Gasteiger partial charge in [-0.25, -0.2) is 4.79 Å². The number of amides is 1. The topological polar surface area (TPSA) is 89.7 Å². The van der Waals surface area contributed by atoms with Gasteiger partial charge in [-0.15, -0.1) is 0 Å². The molecule has 1 aliphatic heterocycles. The number of esters is 1. The van der Waals surface area contributed by atoms with Crippen LogP contribution in [0.15, 0.2) is 18.2 Å². The molecule has 0 spiro atoms. The Morgan fingerprint density at radius 1 is 1.36 bits per heavy atom. The number of nitro groups is 1. The molecule has 1 heterocycles. The van der Waals surface area contributed by atoms with E-state index in [0.717, 1.165) is 25.0 Å². The molecule has 0 aliphatic carbocycles. The van der Waals surface area contributed by atoms with Crippen molar-refractivity contribution >= 4 is 29.2 Å². The molecule has 22 heavy (non-hydrogen) atoms. The Labute approximate surface area is 131 Å². The van der Waals surface area contributed by atoms with Crippen molar-refractivity contribution in [1.29, 1.82) is 0 Å². The van der Waals surface area contributed by atoms with Crippen molar-refractivity contribution in [3.63, 3.8) is 0 Å². The first kappa shape index (κ1) is 16.2. The van der Waals surface area contributed by atoms with Crippen LogP contribution in [-0.2, 0) is 9.53 Å². The largest absolute Gasteiger partial charge is 0.449 e. The van der Waals surface area contributed by atoms with Crippen molar-refractivity contribution in [3.8, 4) is 0 Å². The predicted octanol–water partition coefficient (Wildman–Crippen LogP) is 2.42. The second-order valence-electron chi connectivity index (χ2n) is 5.00. The van der Waals surface area contributed by atoms with Gasteiger partial charge in [0, 0.05) is 24.2 Å². The lowest BCUT2D eigenvalue weighted by Gasteiger charge is -2.20. The first-order valence-corrected chi connectivity index (χ1v) is 7.21. The minimum Gasteiger partial charge on any atom is -0.449 e. The van der Waals surface area contributed by atoms with Gasteiger partial charge in [0.1, 0.15) is 5.56 Å². The Morgan fingerprint density at radius 3 is 2.59 bits per heavy atom. The highest BCUT2D eigenvalue weighted by Gasteiger charge is 2.29. The van der Waals surface area contributed by atoms with Crippen LogP contribution in [0.4, 0.5) is 5.69 Å². The van der Waals surface area contributed by atoms with E-state index in [-0.39, 0.29) is 16.5 Å². The molecular formula is C14H15ClN2O5. The van der Waals surface area contributed by atoms with E-state index < -0.39 is 22.7 Å². The van der Waals surface area contributed by atoms with Crippen molar-refractivity contribution in [2.24, 2.45) is 0 Å². The van der Waals surface area contributed by atoms with Crippen LogP contribution in [-0.4, -0.2) is 40.9 Å². The number of likely N-dealkylation sites (tertiary alicyclic amines) is 1. The molecule has 1 aliphatic rings. The van der Waals surface area contributed by atoms with Crippen LogP contribution in [0.25, 0.3) is 0 Å². The van der Waals surface area contributed by atoms with Gasteiger partial charge in [-0.3, -0.25) is 14.9 Å². The van der Waals surface area contributed by atoms with E-state index in [1.807, 2.05) is 0 Å². The fourth-order valence-corrected chi connectivity index (χ4v) is 2.47. The van der Waals surface area contributed by atoms with E-state index in [2.05, 4.69) is 0 Å². The molecule has 1 fully saturated rings. The maximum absolute atomic E-state index is 12.1. The number of carbonyl (C=O) groups excluding carboxylic acids is 2. The normalized spacial score (nSPS) is 15.5. The molecule has 8 heteroatoms. The van der Waals surface area contributed by atoms with E-state index in [4.69, 9.17) is 16.3 Å². The lowest BCUT2D eigenvalue weighted by atomic mass is 10.2. The van der Waals surface area contributed by atoms with Crippen molar-refractivity contribution in [1.82, 2.24) is 4.90 Å². The average molecular weight is 327 g/mol. The van der Waals surface area contributed by atoms with E-state index >= 15 is 0 Å². The van der Waals surface area contributed by atoms with Gasteiger partial charge in [0.15, 0.2) is 6.10 Å². The zero-order valence-corrected chi connectivity index (χ0v) is 12.7. The predicted molar refractivity (Wildman–Crippen MR) is 78.8 cm³/mol. The minimum absolute atomic E-state index is 0.177. The number of nitrogens with zero attached hydrogens (tertiary/aromatic N) is 2. The van der Waals surface area contributed by atoms with E-state index in [0.29, 0.717) is 13.1 Å². The quantitative estimate of drug-likeness (QED) is 0.481. The summed E-state index contributed by atoms with van der Waals surface area (Å²) in [4.78, 5) is 36.0. The SMILES string of the molecule is CC(OC(=O)c1cc(Cl)ccc1[N+](=O)[O-])C(=O)N1CCCC1. The van der Waals surface area contributed by atoms with Gasteiger partial charge in [-0.2, -0.15) is 0 Å². The van der Waals surface area contributed by atoms with Crippen LogP contribution in [0, 0.1) is 10.1 Å². The maximum Gasteiger partial charge on any atom is 0.345 e. The van der Waals surface area contributed by atoms with Gasteiger partial charge in [-0.05, 0) is 31.9 Å². The molecule has 1 atom stereocenters. The maximum atomic E-state index is 12.1. The van der Waals surface area contributed by atoms with Crippen LogP contribution >= 0.6 is 11.6 Å². The monoisotopic (exact) mass is 326 g/mol. The van der Waals surface area contributed by atoms with Crippen LogP contribution in [0.2, 0.25) is 5.02 Å². The fraction of sp³-hybridized carbons (Fsp3) is 0.429. The van der Waals surface area contributed by atoms with Crippen molar-refractivity contribution in [3.05, 3.63) is 38.9 Å². The number of hydrogen-bond donors (Lipinski definition) is 0. The number of nitro benzene ring substituents is 1. The minimum atomic E-state index is -0.996. The van der Waals surface area contributed by atoms with Crippen molar-refractivity contribution < 1.29 is 19.2 Å². The summed E-state index contributed by atoms with van der Waals surface area (Å²) >= 11 is 5.76. The second kappa shape index (κ2) is 6.74. The van der Waals surface area contributed by atoms with Crippen molar-refractivity contribution in [2.75, 3.05) is 13.1 Å². The number of halogens is 1. The highest BCUT2D eigenvalue weighted by Crippen LogP contribution is 2.24. The first-order chi connectivity index (χ1) is 10.4. The summed E-state index contributed by atoms with van der Waals surface area (Å²) in [7, 11) is 0. The molecule has 1 amide bonds. The number of carbonyl (C=O) groups is 2. The Hall–Kier alpha value is -2.15. The van der Waals surface area contributed by atoms with Gasteiger partial charge in [0.2, 0.25) is 0 Å². The molecule has 0 N–H and O–H groups in total. The zero-order chi connectivity index (χ0) is 16.3. The van der Waals surface area contributed by atoms with E-state index in [1.165, 1.54) is 13.0 Å². The summed E-state index contributed by atoms with van der Waals surface area (Å²) in [6.45, 7) is 2.73. The van der Waals surface area contributed by atoms with Crippen LogP contribution in [0.3, 0.4) is 0 Å². The van der Waals surface area contributed by atoms with Gasteiger partial charge in [0.05, 0.1) is 4.92 Å². The highest BCUT2D eigenvalue weighted by molar-refractivity contribution is 6.31. The molecule has 1 saturated heterocycles. The van der Waals surface area contributed by atoms with Crippen molar-refractivity contribution in [2.45, 2.75) is 25.9 Å². The molecule has 0 aromatic heterocycles. The summed E-state index contributed by atoms with van der Waals surface area (Å²) in [6.07, 6.45) is 0.849. The van der Waals surface area contributed by atoms with Gasteiger partial charge in [-0.1, -0.05) is 11.6 Å². The third-order valence-corrected chi connectivity index (χ3v) is 3.66. The standard InChI is InChI=1S/C14H15ClN2O5/c1-9(13(18)16-6-2-3-7-16)22-14(19)11-8-10(15)4-5-12(11)17(20)21/h4-5,8-9H,2-3,6-7H2,1H3. The molecule has 0 saturated carbocycles. The molecule has 118 valence electrons. The van der Waals surface area contributed by atoms with Crippen LogP contribution in [0.5, 0.6) is 0 Å². The highest BCUT2D eigenvalue weighted by atomic mass is 35.5. The molecular weight excluding hydrogens is 312 g/mol.